The number of amides is 1. The Morgan fingerprint density at radius 1 is 1.15 bits per heavy atom. The van der Waals surface area contributed by atoms with Crippen molar-refractivity contribution in [2.24, 2.45) is 0 Å². The van der Waals surface area contributed by atoms with Crippen LogP contribution in [0.2, 0.25) is 5.02 Å². The molecule has 2 N–H and O–H groups in total. The van der Waals surface area contributed by atoms with Crippen molar-refractivity contribution >= 4 is 33.2 Å². The molecule has 0 saturated carbocycles. The lowest BCUT2D eigenvalue weighted by molar-refractivity contribution is -0.116. The summed E-state index contributed by atoms with van der Waals surface area (Å²) in [7, 11) is -3.76. The van der Waals surface area contributed by atoms with E-state index in [9.17, 15) is 13.2 Å². The van der Waals surface area contributed by atoms with Gasteiger partial charge in [0.2, 0.25) is 15.9 Å². The van der Waals surface area contributed by atoms with Gasteiger partial charge < -0.3 is 14.8 Å². The second-order valence-corrected chi connectivity index (χ2v) is 8.09. The van der Waals surface area contributed by atoms with Crippen molar-refractivity contribution in [1.29, 1.82) is 0 Å². The lowest BCUT2D eigenvalue weighted by Gasteiger charge is -2.18. The van der Waals surface area contributed by atoms with E-state index in [1.54, 1.807) is 31.2 Å². The standard InChI is InChI=1S/C18H19ClN2O5S/c1-12-14(19)3-2-4-15(12)21-18(22)7-8-20-27(23,24)13-5-6-16-17(11-13)26-10-9-25-16/h2-6,11,20H,7-10H2,1H3,(H,21,22). The summed E-state index contributed by atoms with van der Waals surface area (Å²) in [6.07, 6.45) is -0.0181. The number of halogens is 1. The summed E-state index contributed by atoms with van der Waals surface area (Å²) >= 11 is 6.02. The smallest absolute Gasteiger partial charge is 0.240 e. The first-order valence-corrected chi connectivity index (χ1v) is 10.2. The molecule has 0 aliphatic carbocycles. The molecule has 0 radical (unpaired) electrons. The lowest BCUT2D eigenvalue weighted by atomic mass is 10.2. The van der Waals surface area contributed by atoms with Gasteiger partial charge in [0.25, 0.3) is 0 Å². The topological polar surface area (TPSA) is 93.7 Å². The molecule has 0 spiro atoms. The SMILES string of the molecule is Cc1c(Cl)cccc1NC(=O)CCNS(=O)(=O)c1ccc2c(c1)OCCO2. The predicted molar refractivity (Wildman–Crippen MR) is 102 cm³/mol. The molecule has 1 aliphatic heterocycles. The van der Waals surface area contributed by atoms with Crippen molar-refractivity contribution < 1.29 is 22.7 Å². The van der Waals surface area contributed by atoms with Crippen molar-refractivity contribution in [1.82, 2.24) is 4.72 Å². The first-order valence-electron chi connectivity index (χ1n) is 8.31. The number of benzene rings is 2. The Morgan fingerprint density at radius 3 is 2.67 bits per heavy atom. The fraction of sp³-hybridized carbons (Fsp3) is 0.278. The third-order valence-corrected chi connectivity index (χ3v) is 5.88. The Bertz CT molecular complexity index is 962. The van der Waals surface area contributed by atoms with Crippen LogP contribution in [0.5, 0.6) is 11.5 Å². The number of sulfonamides is 1. The zero-order chi connectivity index (χ0) is 19.4. The quantitative estimate of drug-likeness (QED) is 0.763. The van der Waals surface area contributed by atoms with Crippen LogP contribution in [0.4, 0.5) is 5.69 Å². The van der Waals surface area contributed by atoms with Gasteiger partial charge >= 0.3 is 0 Å². The summed E-state index contributed by atoms with van der Waals surface area (Å²) in [5, 5.41) is 3.27. The molecule has 27 heavy (non-hydrogen) atoms. The van der Waals surface area contributed by atoms with Crippen LogP contribution in [-0.4, -0.2) is 34.1 Å². The molecule has 2 aromatic carbocycles. The summed E-state index contributed by atoms with van der Waals surface area (Å²) in [5.41, 5.74) is 1.35. The second-order valence-electron chi connectivity index (χ2n) is 5.91. The van der Waals surface area contributed by atoms with Gasteiger partial charge in [-0.05, 0) is 36.8 Å². The van der Waals surface area contributed by atoms with Gasteiger partial charge in [0, 0.05) is 29.7 Å². The van der Waals surface area contributed by atoms with Crippen molar-refractivity contribution in [3.8, 4) is 11.5 Å². The Labute approximate surface area is 162 Å². The van der Waals surface area contributed by atoms with Crippen molar-refractivity contribution in [3.05, 3.63) is 47.0 Å². The first kappa shape index (κ1) is 19.5. The van der Waals surface area contributed by atoms with Gasteiger partial charge in [0.15, 0.2) is 11.5 Å². The molecule has 2 aromatic rings. The van der Waals surface area contributed by atoms with E-state index in [4.69, 9.17) is 21.1 Å². The van der Waals surface area contributed by atoms with Crippen LogP contribution in [0, 0.1) is 6.92 Å². The zero-order valence-corrected chi connectivity index (χ0v) is 16.2. The number of anilines is 1. The summed E-state index contributed by atoms with van der Waals surface area (Å²) in [6.45, 7) is 2.55. The molecule has 0 unspecified atom stereocenters. The molecule has 3 rings (SSSR count). The normalized spacial score (nSPS) is 13.3. The highest BCUT2D eigenvalue weighted by atomic mass is 35.5. The van der Waals surface area contributed by atoms with Crippen LogP contribution in [0.15, 0.2) is 41.3 Å². The van der Waals surface area contributed by atoms with Crippen molar-refractivity contribution in [2.45, 2.75) is 18.2 Å². The largest absolute Gasteiger partial charge is 0.486 e. The van der Waals surface area contributed by atoms with E-state index in [1.165, 1.54) is 12.1 Å². The highest BCUT2D eigenvalue weighted by Gasteiger charge is 2.19. The van der Waals surface area contributed by atoms with E-state index >= 15 is 0 Å². The average Bonchev–Trinajstić information content (AvgIpc) is 2.65. The summed E-state index contributed by atoms with van der Waals surface area (Å²) in [6, 6.07) is 9.59. The second kappa shape index (κ2) is 8.16. The first-order chi connectivity index (χ1) is 12.9. The maximum Gasteiger partial charge on any atom is 0.240 e. The molecule has 144 valence electrons. The molecule has 0 fully saturated rings. The van der Waals surface area contributed by atoms with Crippen molar-refractivity contribution in [3.63, 3.8) is 0 Å². The Morgan fingerprint density at radius 2 is 1.89 bits per heavy atom. The minimum absolute atomic E-state index is 0.0181. The maximum absolute atomic E-state index is 12.4. The number of ether oxygens (including phenoxy) is 2. The Hall–Kier alpha value is -2.29. The minimum Gasteiger partial charge on any atom is -0.486 e. The Kier molecular flexibility index (Phi) is 5.88. The molecule has 1 heterocycles. The van der Waals surface area contributed by atoms with Gasteiger partial charge in [0.1, 0.15) is 13.2 Å². The summed E-state index contributed by atoms with van der Waals surface area (Å²) in [5.74, 6) is 0.583. The van der Waals surface area contributed by atoms with E-state index in [1.807, 2.05) is 0 Å². The molecule has 0 aromatic heterocycles. The number of fused-ring (bicyclic) bond motifs is 1. The minimum atomic E-state index is -3.76. The number of rotatable bonds is 6. The van der Waals surface area contributed by atoms with Gasteiger partial charge in [-0.3, -0.25) is 4.79 Å². The van der Waals surface area contributed by atoms with Crippen molar-refractivity contribution in [2.75, 3.05) is 25.1 Å². The molecule has 0 saturated heterocycles. The molecule has 9 heteroatoms. The van der Waals surface area contributed by atoms with Gasteiger partial charge in [-0.2, -0.15) is 0 Å². The predicted octanol–water partition coefficient (Wildman–Crippen LogP) is 2.73. The highest BCUT2D eigenvalue weighted by Crippen LogP contribution is 2.32. The van der Waals surface area contributed by atoms with E-state index in [-0.39, 0.29) is 23.8 Å². The molecule has 1 aliphatic rings. The number of nitrogens with one attached hydrogen (secondary N) is 2. The molecular weight excluding hydrogens is 392 g/mol. The molecular formula is C18H19ClN2O5S. The van der Waals surface area contributed by atoms with Crippen LogP contribution in [0.1, 0.15) is 12.0 Å². The Balaban J connectivity index is 1.57. The van der Waals surface area contributed by atoms with E-state index < -0.39 is 10.0 Å². The van der Waals surface area contributed by atoms with E-state index in [2.05, 4.69) is 10.0 Å². The third-order valence-electron chi connectivity index (χ3n) is 4.01. The molecule has 0 bridgehead atoms. The van der Waals surface area contributed by atoms with E-state index in [0.29, 0.717) is 35.4 Å². The van der Waals surface area contributed by atoms with Crippen LogP contribution in [-0.2, 0) is 14.8 Å². The summed E-state index contributed by atoms with van der Waals surface area (Å²) < 4.78 is 38.0. The molecule has 7 nitrogen and oxygen atoms in total. The monoisotopic (exact) mass is 410 g/mol. The fourth-order valence-corrected chi connectivity index (χ4v) is 3.75. The number of hydrogen-bond donors (Lipinski definition) is 2. The summed E-state index contributed by atoms with van der Waals surface area (Å²) in [4.78, 5) is 12.1. The number of hydrogen-bond acceptors (Lipinski definition) is 5. The van der Waals surface area contributed by atoms with Crippen LogP contribution >= 0.6 is 11.6 Å². The third kappa shape index (κ3) is 4.71. The molecule has 1 amide bonds. The average molecular weight is 411 g/mol. The van der Waals surface area contributed by atoms with Crippen LogP contribution in [0.25, 0.3) is 0 Å². The zero-order valence-electron chi connectivity index (χ0n) is 14.6. The number of carbonyl (C=O) groups is 1. The lowest BCUT2D eigenvalue weighted by Crippen LogP contribution is -2.28. The number of carbonyl (C=O) groups excluding carboxylic acids is 1. The van der Waals surface area contributed by atoms with Gasteiger partial charge in [-0.25, -0.2) is 13.1 Å². The van der Waals surface area contributed by atoms with Gasteiger partial charge in [-0.1, -0.05) is 17.7 Å². The van der Waals surface area contributed by atoms with Gasteiger partial charge in [-0.15, -0.1) is 0 Å². The van der Waals surface area contributed by atoms with Gasteiger partial charge in [0.05, 0.1) is 4.90 Å². The van der Waals surface area contributed by atoms with Crippen LogP contribution in [0.3, 0.4) is 0 Å². The highest BCUT2D eigenvalue weighted by molar-refractivity contribution is 7.89. The van der Waals surface area contributed by atoms with Crippen LogP contribution < -0.4 is 19.5 Å². The molecule has 0 atom stereocenters. The fourth-order valence-electron chi connectivity index (χ4n) is 2.53. The van der Waals surface area contributed by atoms with E-state index in [0.717, 1.165) is 5.56 Å². The maximum atomic E-state index is 12.4.